The predicted octanol–water partition coefficient (Wildman–Crippen LogP) is 3.09. The van der Waals surface area contributed by atoms with E-state index in [0.29, 0.717) is 5.56 Å². The van der Waals surface area contributed by atoms with Gasteiger partial charge in [-0.05, 0) is 49.2 Å². The van der Waals surface area contributed by atoms with Gasteiger partial charge in [0.25, 0.3) is 5.91 Å². The molecular weight excluding hydrogens is 340 g/mol. The van der Waals surface area contributed by atoms with Crippen LogP contribution in [-0.4, -0.2) is 62.7 Å². The Morgan fingerprint density at radius 1 is 0.963 bits per heavy atom. The highest BCUT2D eigenvalue weighted by molar-refractivity contribution is 5.94. The molecule has 0 radical (unpaired) electrons. The molecule has 144 valence electrons. The maximum atomic E-state index is 12.7. The Morgan fingerprint density at radius 2 is 1.74 bits per heavy atom. The van der Waals surface area contributed by atoms with Gasteiger partial charge in [-0.25, -0.2) is 0 Å². The fraction of sp³-hybridized carbons (Fsp3) is 0.409. The first kappa shape index (κ1) is 19.2. The van der Waals surface area contributed by atoms with Crippen molar-refractivity contribution in [3.63, 3.8) is 0 Å². The van der Waals surface area contributed by atoms with E-state index in [4.69, 9.17) is 9.47 Å². The molecule has 5 heteroatoms. The van der Waals surface area contributed by atoms with Crippen LogP contribution in [0.1, 0.15) is 22.3 Å². The van der Waals surface area contributed by atoms with Gasteiger partial charge >= 0.3 is 0 Å². The molecule has 0 unspecified atom stereocenters. The van der Waals surface area contributed by atoms with E-state index >= 15 is 0 Å². The number of amides is 1. The average molecular weight is 368 g/mol. The van der Waals surface area contributed by atoms with Crippen LogP contribution in [0.4, 0.5) is 0 Å². The summed E-state index contributed by atoms with van der Waals surface area (Å²) in [5.74, 6) is 1.77. The number of hydrogen-bond donors (Lipinski definition) is 0. The third-order valence-electron chi connectivity index (χ3n) is 5.09. The number of nitrogens with zero attached hydrogens (tertiary/aromatic N) is 2. The van der Waals surface area contributed by atoms with Gasteiger partial charge in [0.15, 0.2) is 0 Å². The lowest BCUT2D eigenvalue weighted by atomic mass is 10.1. The molecule has 0 atom stereocenters. The van der Waals surface area contributed by atoms with E-state index in [9.17, 15) is 4.79 Å². The zero-order chi connectivity index (χ0) is 19.1. The van der Waals surface area contributed by atoms with Gasteiger partial charge in [0.2, 0.25) is 0 Å². The first-order valence-corrected chi connectivity index (χ1v) is 9.49. The third kappa shape index (κ3) is 5.01. The van der Waals surface area contributed by atoms with E-state index in [2.05, 4.69) is 17.0 Å². The summed E-state index contributed by atoms with van der Waals surface area (Å²) in [4.78, 5) is 17.1. The lowest BCUT2D eigenvalue weighted by Gasteiger charge is -2.34. The minimum absolute atomic E-state index is 0.0857. The summed E-state index contributed by atoms with van der Waals surface area (Å²) in [7, 11) is 3.34. The van der Waals surface area contributed by atoms with Crippen LogP contribution in [0.2, 0.25) is 0 Å². The Bertz CT molecular complexity index is 755. The highest BCUT2D eigenvalue weighted by atomic mass is 16.5. The SMILES string of the molecule is COc1cccc(C(=O)N2CCN(CCCc3ccccc3OC)CC2)c1. The van der Waals surface area contributed by atoms with E-state index in [-0.39, 0.29) is 5.91 Å². The standard InChI is InChI=1S/C22H28N2O3/c1-26-20-10-5-8-19(17-20)22(25)24-15-13-23(14-16-24)12-6-9-18-7-3-4-11-21(18)27-2/h3-5,7-8,10-11,17H,6,9,12-16H2,1-2H3. The molecule has 1 aliphatic heterocycles. The second-order valence-electron chi connectivity index (χ2n) is 6.78. The number of piperazine rings is 1. The van der Waals surface area contributed by atoms with Crippen molar-refractivity contribution in [3.05, 3.63) is 59.7 Å². The normalized spacial score (nSPS) is 14.8. The van der Waals surface area contributed by atoms with Crippen LogP contribution >= 0.6 is 0 Å². The number of aryl methyl sites for hydroxylation is 1. The maximum absolute atomic E-state index is 12.7. The highest BCUT2D eigenvalue weighted by Crippen LogP contribution is 2.19. The van der Waals surface area contributed by atoms with Gasteiger partial charge < -0.3 is 14.4 Å². The Hall–Kier alpha value is -2.53. The van der Waals surface area contributed by atoms with E-state index in [1.165, 1.54) is 5.56 Å². The molecule has 27 heavy (non-hydrogen) atoms. The molecule has 5 nitrogen and oxygen atoms in total. The van der Waals surface area contributed by atoms with Crippen molar-refractivity contribution in [2.45, 2.75) is 12.8 Å². The van der Waals surface area contributed by atoms with Crippen molar-refractivity contribution < 1.29 is 14.3 Å². The number of methoxy groups -OCH3 is 2. The molecule has 0 aliphatic carbocycles. The zero-order valence-corrected chi connectivity index (χ0v) is 16.2. The largest absolute Gasteiger partial charge is 0.497 e. The van der Waals surface area contributed by atoms with Crippen molar-refractivity contribution in [2.75, 3.05) is 46.9 Å². The summed E-state index contributed by atoms with van der Waals surface area (Å²) in [6, 6.07) is 15.6. The Labute approximate surface area is 161 Å². The van der Waals surface area contributed by atoms with Gasteiger partial charge in [-0.3, -0.25) is 9.69 Å². The molecule has 1 saturated heterocycles. The highest BCUT2D eigenvalue weighted by Gasteiger charge is 2.22. The number of para-hydroxylation sites is 1. The molecule has 0 aromatic heterocycles. The Balaban J connectivity index is 1.45. The van der Waals surface area contributed by atoms with E-state index in [1.807, 2.05) is 41.3 Å². The molecule has 1 amide bonds. The minimum Gasteiger partial charge on any atom is -0.497 e. The molecule has 0 saturated carbocycles. The van der Waals surface area contributed by atoms with Crippen LogP contribution in [0.15, 0.2) is 48.5 Å². The molecule has 0 N–H and O–H groups in total. The lowest BCUT2D eigenvalue weighted by molar-refractivity contribution is 0.0635. The molecule has 2 aromatic rings. The van der Waals surface area contributed by atoms with Gasteiger partial charge in [-0.2, -0.15) is 0 Å². The van der Waals surface area contributed by atoms with E-state index in [0.717, 1.165) is 57.1 Å². The summed E-state index contributed by atoms with van der Waals surface area (Å²) in [6.07, 6.45) is 2.09. The molecular formula is C22H28N2O3. The second kappa shape index (κ2) is 9.42. The van der Waals surface area contributed by atoms with Gasteiger partial charge in [0.1, 0.15) is 11.5 Å². The van der Waals surface area contributed by atoms with Crippen LogP contribution in [0.25, 0.3) is 0 Å². The average Bonchev–Trinajstić information content (AvgIpc) is 2.74. The van der Waals surface area contributed by atoms with Gasteiger partial charge in [-0.15, -0.1) is 0 Å². The smallest absolute Gasteiger partial charge is 0.254 e. The summed E-state index contributed by atoms with van der Waals surface area (Å²) < 4.78 is 10.6. The number of carbonyl (C=O) groups excluding carboxylic acids is 1. The fourth-order valence-corrected chi connectivity index (χ4v) is 3.52. The van der Waals surface area contributed by atoms with Crippen molar-refractivity contribution in [2.24, 2.45) is 0 Å². The van der Waals surface area contributed by atoms with Crippen molar-refractivity contribution in [1.82, 2.24) is 9.80 Å². The number of ether oxygens (including phenoxy) is 2. The third-order valence-corrected chi connectivity index (χ3v) is 5.09. The topological polar surface area (TPSA) is 42.0 Å². The summed E-state index contributed by atoms with van der Waals surface area (Å²) in [5.41, 5.74) is 1.95. The number of rotatable bonds is 7. The molecule has 2 aromatic carbocycles. The van der Waals surface area contributed by atoms with Gasteiger partial charge in [0.05, 0.1) is 14.2 Å². The Kier molecular flexibility index (Phi) is 6.71. The molecule has 1 aliphatic rings. The van der Waals surface area contributed by atoms with E-state index < -0.39 is 0 Å². The minimum atomic E-state index is 0.0857. The monoisotopic (exact) mass is 368 g/mol. The van der Waals surface area contributed by atoms with Gasteiger partial charge in [-0.1, -0.05) is 24.3 Å². The second-order valence-corrected chi connectivity index (χ2v) is 6.78. The van der Waals surface area contributed by atoms with Crippen LogP contribution in [0.3, 0.4) is 0 Å². The molecule has 1 heterocycles. The summed E-state index contributed by atoms with van der Waals surface area (Å²) >= 11 is 0. The van der Waals surface area contributed by atoms with Crippen LogP contribution < -0.4 is 9.47 Å². The van der Waals surface area contributed by atoms with Crippen LogP contribution in [0, 0.1) is 0 Å². The predicted molar refractivity (Wildman–Crippen MR) is 107 cm³/mol. The van der Waals surface area contributed by atoms with E-state index in [1.54, 1.807) is 14.2 Å². The molecule has 3 rings (SSSR count). The van der Waals surface area contributed by atoms with Crippen molar-refractivity contribution >= 4 is 5.91 Å². The summed E-state index contributed by atoms with van der Waals surface area (Å²) in [5, 5.41) is 0. The van der Waals surface area contributed by atoms with Crippen molar-refractivity contribution in [1.29, 1.82) is 0 Å². The maximum Gasteiger partial charge on any atom is 0.254 e. The zero-order valence-electron chi connectivity index (χ0n) is 16.2. The molecule has 0 spiro atoms. The van der Waals surface area contributed by atoms with Crippen molar-refractivity contribution in [3.8, 4) is 11.5 Å². The van der Waals surface area contributed by atoms with Crippen LogP contribution in [-0.2, 0) is 6.42 Å². The lowest BCUT2D eigenvalue weighted by Crippen LogP contribution is -2.48. The van der Waals surface area contributed by atoms with Gasteiger partial charge in [0, 0.05) is 31.7 Å². The quantitative estimate of drug-likeness (QED) is 0.753. The number of carbonyl (C=O) groups is 1. The first-order valence-electron chi connectivity index (χ1n) is 9.49. The molecule has 0 bridgehead atoms. The molecule has 1 fully saturated rings. The van der Waals surface area contributed by atoms with Crippen LogP contribution in [0.5, 0.6) is 11.5 Å². The first-order chi connectivity index (χ1) is 13.2. The number of hydrogen-bond acceptors (Lipinski definition) is 4. The fourth-order valence-electron chi connectivity index (χ4n) is 3.52. The number of benzene rings is 2. The summed E-state index contributed by atoms with van der Waals surface area (Å²) in [6.45, 7) is 4.41. The Morgan fingerprint density at radius 3 is 2.48 bits per heavy atom.